The zero-order chi connectivity index (χ0) is 22.7. The molecule has 2 amide bonds. The van der Waals surface area contributed by atoms with Gasteiger partial charge in [-0.3, -0.25) is 9.59 Å². The molecule has 4 rings (SSSR count). The van der Waals surface area contributed by atoms with Crippen LogP contribution < -0.4 is 4.90 Å². The van der Waals surface area contributed by atoms with Gasteiger partial charge in [0.15, 0.2) is 11.6 Å². The molecule has 0 spiro atoms. The van der Waals surface area contributed by atoms with Gasteiger partial charge in [0, 0.05) is 23.5 Å². The number of amides is 2. The highest BCUT2D eigenvalue weighted by Crippen LogP contribution is 2.32. The first-order valence-corrected chi connectivity index (χ1v) is 10.4. The van der Waals surface area contributed by atoms with E-state index >= 15 is 0 Å². The number of halogens is 2. The van der Waals surface area contributed by atoms with Gasteiger partial charge in [-0.15, -0.1) is 0 Å². The van der Waals surface area contributed by atoms with E-state index in [-0.39, 0.29) is 12.0 Å². The summed E-state index contributed by atoms with van der Waals surface area (Å²) in [5, 5.41) is 0. The zero-order valence-electron chi connectivity index (χ0n) is 17.6. The summed E-state index contributed by atoms with van der Waals surface area (Å²) >= 11 is 0. The highest BCUT2D eigenvalue weighted by Gasteiger charge is 2.38. The lowest BCUT2D eigenvalue weighted by molar-refractivity contribution is -0.132. The second-order valence-electron chi connectivity index (χ2n) is 7.84. The minimum absolute atomic E-state index is 0.0523. The molecule has 0 aliphatic carbocycles. The molecule has 0 saturated carbocycles. The predicted molar refractivity (Wildman–Crippen MR) is 119 cm³/mol. The lowest BCUT2D eigenvalue weighted by Crippen LogP contribution is -2.46. The van der Waals surface area contributed by atoms with Crippen LogP contribution in [0, 0.1) is 36.3 Å². The Morgan fingerprint density at radius 3 is 2.22 bits per heavy atom. The van der Waals surface area contributed by atoms with Crippen molar-refractivity contribution in [3.05, 3.63) is 101 Å². The Bertz CT molecular complexity index is 1220. The number of aryl methyl sites for hydroxylation is 1. The minimum atomic E-state index is -0.986. The van der Waals surface area contributed by atoms with E-state index in [1.165, 1.54) is 0 Å². The van der Waals surface area contributed by atoms with Crippen molar-refractivity contribution >= 4 is 17.5 Å². The molecular weight excluding hydrogens is 408 g/mol. The van der Waals surface area contributed by atoms with Gasteiger partial charge >= 0.3 is 0 Å². The van der Waals surface area contributed by atoms with E-state index in [0.717, 1.165) is 23.3 Å². The Morgan fingerprint density at radius 1 is 0.906 bits per heavy atom. The maximum atomic E-state index is 14.9. The van der Waals surface area contributed by atoms with Gasteiger partial charge in [0.2, 0.25) is 11.8 Å². The number of imide groups is 1. The second-order valence-corrected chi connectivity index (χ2v) is 7.84. The lowest BCUT2D eigenvalue weighted by atomic mass is 9.88. The first-order chi connectivity index (χ1) is 15.4. The van der Waals surface area contributed by atoms with Crippen LogP contribution in [0.2, 0.25) is 0 Å². The molecule has 1 aliphatic rings. The molecule has 1 saturated heterocycles. The smallest absolute Gasteiger partial charge is 0.237 e. The van der Waals surface area contributed by atoms with Crippen molar-refractivity contribution in [1.29, 1.82) is 0 Å². The average molecular weight is 429 g/mol. The molecule has 1 unspecified atom stereocenters. The van der Waals surface area contributed by atoms with Gasteiger partial charge in [0.25, 0.3) is 0 Å². The average Bonchev–Trinajstić information content (AvgIpc) is 2.78. The number of nitrogens with zero attached hydrogens (tertiary/aromatic N) is 1. The number of carbonyl (C=O) groups is 2. The number of hydrogen-bond acceptors (Lipinski definition) is 2. The van der Waals surface area contributed by atoms with Crippen LogP contribution in [-0.2, 0) is 16.0 Å². The molecule has 0 radical (unpaired) electrons. The summed E-state index contributed by atoms with van der Waals surface area (Å²) in [5.41, 5.74) is 2.22. The van der Waals surface area contributed by atoms with E-state index in [9.17, 15) is 18.4 Å². The molecule has 0 bridgehead atoms. The fourth-order valence-electron chi connectivity index (χ4n) is 3.88. The van der Waals surface area contributed by atoms with E-state index in [1.54, 1.807) is 12.1 Å². The molecular formula is C27H21F2NO2. The van der Waals surface area contributed by atoms with Crippen molar-refractivity contribution in [2.24, 2.45) is 5.92 Å². The first kappa shape index (κ1) is 21.5. The molecule has 0 aromatic heterocycles. The second kappa shape index (κ2) is 9.15. The molecule has 1 heterocycles. The van der Waals surface area contributed by atoms with Crippen molar-refractivity contribution in [1.82, 2.24) is 0 Å². The topological polar surface area (TPSA) is 37.4 Å². The van der Waals surface area contributed by atoms with Crippen LogP contribution in [-0.4, -0.2) is 11.8 Å². The molecule has 5 heteroatoms. The van der Waals surface area contributed by atoms with Crippen LogP contribution in [0.5, 0.6) is 0 Å². The number of hydrogen-bond donors (Lipinski definition) is 0. The van der Waals surface area contributed by atoms with Crippen LogP contribution in [0.15, 0.2) is 66.7 Å². The van der Waals surface area contributed by atoms with Gasteiger partial charge in [0.05, 0.1) is 0 Å². The predicted octanol–water partition coefficient (Wildman–Crippen LogP) is 5.19. The number of rotatable bonds is 3. The van der Waals surface area contributed by atoms with Gasteiger partial charge in [-0.2, -0.15) is 0 Å². The monoisotopic (exact) mass is 429 g/mol. The summed E-state index contributed by atoms with van der Waals surface area (Å²) < 4.78 is 29.9. The van der Waals surface area contributed by atoms with E-state index in [1.807, 2.05) is 49.4 Å². The van der Waals surface area contributed by atoms with Crippen LogP contribution in [0.1, 0.15) is 35.1 Å². The third kappa shape index (κ3) is 4.45. The quantitative estimate of drug-likeness (QED) is 0.425. The Hall–Kier alpha value is -3.78. The highest BCUT2D eigenvalue weighted by molar-refractivity contribution is 6.17. The van der Waals surface area contributed by atoms with Crippen LogP contribution in [0.3, 0.4) is 0 Å². The summed E-state index contributed by atoms with van der Waals surface area (Å²) in [7, 11) is 0. The van der Waals surface area contributed by atoms with Crippen LogP contribution >= 0.6 is 0 Å². The summed E-state index contributed by atoms with van der Waals surface area (Å²) in [6.45, 7) is 1.94. The Balaban J connectivity index is 1.63. The Morgan fingerprint density at radius 2 is 1.53 bits per heavy atom. The molecule has 32 heavy (non-hydrogen) atoms. The molecule has 3 aromatic rings. The van der Waals surface area contributed by atoms with Crippen molar-refractivity contribution in [2.45, 2.75) is 26.2 Å². The third-order valence-corrected chi connectivity index (χ3v) is 5.62. The maximum absolute atomic E-state index is 14.9. The molecule has 1 atom stereocenters. The molecule has 160 valence electrons. The molecule has 0 N–H and O–H groups in total. The van der Waals surface area contributed by atoms with E-state index < -0.39 is 35.1 Å². The fraction of sp³-hybridized carbons (Fsp3) is 0.185. The van der Waals surface area contributed by atoms with Gasteiger partial charge < -0.3 is 0 Å². The zero-order valence-corrected chi connectivity index (χ0v) is 17.6. The SMILES string of the molecule is Cc1ccccc1CC1CCC(=O)N(c2c(F)cc(C#Cc3ccccc3)cc2F)C1=O. The Labute approximate surface area is 185 Å². The van der Waals surface area contributed by atoms with Crippen molar-refractivity contribution in [3.8, 4) is 11.8 Å². The van der Waals surface area contributed by atoms with E-state index in [0.29, 0.717) is 23.3 Å². The fourth-order valence-corrected chi connectivity index (χ4v) is 3.88. The number of anilines is 1. The van der Waals surface area contributed by atoms with Gasteiger partial charge in [-0.25, -0.2) is 13.7 Å². The maximum Gasteiger partial charge on any atom is 0.237 e. The molecule has 3 nitrogen and oxygen atoms in total. The normalized spacial score (nSPS) is 16.0. The summed E-state index contributed by atoms with van der Waals surface area (Å²) in [6.07, 6.45) is 0.822. The third-order valence-electron chi connectivity index (χ3n) is 5.62. The summed E-state index contributed by atoms with van der Waals surface area (Å²) in [6, 6.07) is 18.8. The lowest BCUT2D eigenvalue weighted by Gasteiger charge is -2.31. The standard InChI is InChI=1S/C27H21F2NO2/c1-18-7-5-6-10-21(18)17-22-13-14-25(31)30(27(22)32)26-23(28)15-20(16-24(26)29)12-11-19-8-3-2-4-9-19/h2-10,15-16,22H,13-14,17H2,1H3. The van der Waals surface area contributed by atoms with Gasteiger partial charge in [-0.05, 0) is 55.2 Å². The van der Waals surface area contributed by atoms with Crippen molar-refractivity contribution in [3.63, 3.8) is 0 Å². The molecule has 1 aliphatic heterocycles. The van der Waals surface area contributed by atoms with Gasteiger partial charge in [0.1, 0.15) is 5.69 Å². The first-order valence-electron chi connectivity index (χ1n) is 10.4. The Kier molecular flexibility index (Phi) is 6.13. The van der Waals surface area contributed by atoms with E-state index in [4.69, 9.17) is 0 Å². The van der Waals surface area contributed by atoms with Crippen molar-refractivity contribution < 1.29 is 18.4 Å². The van der Waals surface area contributed by atoms with Crippen LogP contribution in [0.25, 0.3) is 0 Å². The largest absolute Gasteiger partial charge is 0.274 e. The number of piperidine rings is 1. The van der Waals surface area contributed by atoms with E-state index in [2.05, 4.69) is 11.8 Å². The van der Waals surface area contributed by atoms with Gasteiger partial charge in [-0.1, -0.05) is 54.3 Å². The van der Waals surface area contributed by atoms with Crippen LogP contribution in [0.4, 0.5) is 14.5 Å². The highest BCUT2D eigenvalue weighted by atomic mass is 19.1. The molecule has 3 aromatic carbocycles. The number of benzene rings is 3. The van der Waals surface area contributed by atoms with Crippen molar-refractivity contribution in [2.75, 3.05) is 4.90 Å². The number of carbonyl (C=O) groups excluding carboxylic acids is 2. The molecule has 1 fully saturated rings. The summed E-state index contributed by atoms with van der Waals surface area (Å²) in [4.78, 5) is 26.3. The summed E-state index contributed by atoms with van der Waals surface area (Å²) in [5.74, 6) is 1.89. The minimum Gasteiger partial charge on any atom is -0.274 e.